The average molecular weight is 454 g/mol. The first-order chi connectivity index (χ1) is 15.8. The fourth-order valence-electron chi connectivity index (χ4n) is 4.45. The molecule has 0 spiro atoms. The summed E-state index contributed by atoms with van der Waals surface area (Å²) in [5, 5.41) is 2.90. The van der Waals surface area contributed by atoms with Crippen molar-refractivity contribution in [2.75, 3.05) is 13.1 Å². The molecule has 1 saturated heterocycles. The molecule has 0 unspecified atom stereocenters. The fourth-order valence-corrected chi connectivity index (χ4v) is 4.45. The number of nitrogens with zero attached hydrogens (tertiary/aromatic N) is 2. The van der Waals surface area contributed by atoms with Crippen molar-refractivity contribution in [1.29, 1.82) is 0 Å². The van der Waals surface area contributed by atoms with E-state index in [1.807, 2.05) is 43.3 Å². The number of carbonyl (C=O) groups excluding carboxylic acids is 4. The van der Waals surface area contributed by atoms with Crippen LogP contribution in [0.3, 0.4) is 0 Å². The Labute approximate surface area is 196 Å². The average Bonchev–Trinajstić information content (AvgIpc) is 3.06. The molecule has 0 radical (unpaired) electrons. The number of amides is 4. The highest BCUT2D eigenvalue weighted by Crippen LogP contribution is 2.35. The van der Waals surface area contributed by atoms with Crippen LogP contribution < -0.4 is 5.32 Å². The zero-order valence-electron chi connectivity index (χ0n) is 19.9. The first kappa shape index (κ1) is 24.7. The SMILES string of the molecule is CCCCNC(=O)[C@H](C)N(Cc1ccc(C)cc1)C(=O)CCN1C(=O)[C@H]2CC=CC[C@H]2C1=O. The number of hydrogen-bond acceptors (Lipinski definition) is 4. The molecule has 2 aliphatic rings. The smallest absolute Gasteiger partial charge is 0.242 e. The molecule has 7 nitrogen and oxygen atoms in total. The number of aryl methyl sites for hydroxylation is 1. The van der Waals surface area contributed by atoms with Gasteiger partial charge in [-0.2, -0.15) is 0 Å². The normalized spacial score (nSPS) is 20.5. The Morgan fingerprint density at radius 1 is 1.09 bits per heavy atom. The van der Waals surface area contributed by atoms with Gasteiger partial charge in [-0.3, -0.25) is 24.1 Å². The number of nitrogens with one attached hydrogen (secondary N) is 1. The maximum absolute atomic E-state index is 13.3. The Morgan fingerprint density at radius 2 is 1.70 bits per heavy atom. The molecule has 0 aromatic heterocycles. The molecule has 1 heterocycles. The highest BCUT2D eigenvalue weighted by Gasteiger charge is 2.47. The number of hydrogen-bond donors (Lipinski definition) is 1. The maximum Gasteiger partial charge on any atom is 0.242 e. The largest absolute Gasteiger partial charge is 0.354 e. The predicted molar refractivity (Wildman–Crippen MR) is 126 cm³/mol. The van der Waals surface area contributed by atoms with E-state index >= 15 is 0 Å². The van der Waals surface area contributed by atoms with E-state index in [-0.39, 0.29) is 48.4 Å². The lowest BCUT2D eigenvalue weighted by Crippen LogP contribution is -2.48. The van der Waals surface area contributed by atoms with Crippen molar-refractivity contribution in [3.63, 3.8) is 0 Å². The second kappa shape index (κ2) is 11.3. The molecule has 178 valence electrons. The van der Waals surface area contributed by atoms with Crippen molar-refractivity contribution >= 4 is 23.6 Å². The number of carbonyl (C=O) groups is 4. The molecule has 1 fully saturated rings. The lowest BCUT2D eigenvalue weighted by molar-refractivity contribution is -0.143. The van der Waals surface area contributed by atoms with Crippen LogP contribution in [0.4, 0.5) is 0 Å². The molecule has 3 atom stereocenters. The van der Waals surface area contributed by atoms with Crippen molar-refractivity contribution in [1.82, 2.24) is 15.1 Å². The Kier molecular flexibility index (Phi) is 8.42. The van der Waals surface area contributed by atoms with E-state index in [4.69, 9.17) is 0 Å². The van der Waals surface area contributed by atoms with Gasteiger partial charge in [-0.25, -0.2) is 0 Å². The summed E-state index contributed by atoms with van der Waals surface area (Å²) >= 11 is 0. The van der Waals surface area contributed by atoms with Crippen LogP contribution in [0.2, 0.25) is 0 Å². The second-order valence-electron chi connectivity index (χ2n) is 9.06. The summed E-state index contributed by atoms with van der Waals surface area (Å²) in [6.45, 7) is 6.68. The Bertz CT molecular complexity index is 883. The summed E-state index contributed by atoms with van der Waals surface area (Å²) in [5.74, 6) is -1.42. The monoisotopic (exact) mass is 453 g/mol. The van der Waals surface area contributed by atoms with Crippen LogP contribution in [-0.4, -0.2) is 52.6 Å². The van der Waals surface area contributed by atoms with Crippen molar-refractivity contribution in [3.05, 3.63) is 47.5 Å². The molecule has 3 rings (SSSR count). The van der Waals surface area contributed by atoms with Gasteiger partial charge in [0, 0.05) is 26.1 Å². The van der Waals surface area contributed by atoms with Crippen molar-refractivity contribution in [2.45, 2.75) is 65.5 Å². The fraction of sp³-hybridized carbons (Fsp3) is 0.538. The highest BCUT2D eigenvalue weighted by atomic mass is 16.2. The Morgan fingerprint density at radius 3 is 2.27 bits per heavy atom. The minimum Gasteiger partial charge on any atom is -0.354 e. The minimum absolute atomic E-state index is 0.00277. The van der Waals surface area contributed by atoms with Crippen LogP contribution in [0, 0.1) is 18.8 Å². The van der Waals surface area contributed by atoms with Crippen LogP contribution in [0.15, 0.2) is 36.4 Å². The summed E-state index contributed by atoms with van der Waals surface area (Å²) in [6, 6.07) is 7.18. The topological polar surface area (TPSA) is 86.8 Å². The molecule has 1 aliphatic carbocycles. The molecule has 1 N–H and O–H groups in total. The third-order valence-corrected chi connectivity index (χ3v) is 6.62. The van der Waals surface area contributed by atoms with Crippen LogP contribution in [-0.2, 0) is 25.7 Å². The molecule has 1 aromatic carbocycles. The first-order valence-corrected chi connectivity index (χ1v) is 12.0. The standard InChI is InChI=1S/C26H35N3O4/c1-4-5-15-27-24(31)19(3)29(17-20-12-10-18(2)11-13-20)23(30)14-16-28-25(32)21-8-6-7-9-22(21)26(28)33/h6-7,10-13,19,21-22H,4-5,8-9,14-17H2,1-3H3,(H,27,31)/t19-,21-,22+/m0/s1. The van der Waals surface area contributed by atoms with Gasteiger partial charge < -0.3 is 10.2 Å². The third kappa shape index (κ3) is 5.89. The lowest BCUT2D eigenvalue weighted by Gasteiger charge is -2.29. The number of benzene rings is 1. The molecule has 33 heavy (non-hydrogen) atoms. The molecule has 4 amide bonds. The van der Waals surface area contributed by atoms with Gasteiger partial charge in [-0.05, 0) is 38.7 Å². The zero-order chi connectivity index (χ0) is 24.0. The van der Waals surface area contributed by atoms with Gasteiger partial charge in [0.15, 0.2) is 0 Å². The highest BCUT2D eigenvalue weighted by molar-refractivity contribution is 6.05. The van der Waals surface area contributed by atoms with Crippen LogP contribution >= 0.6 is 0 Å². The van der Waals surface area contributed by atoms with Crippen molar-refractivity contribution in [2.24, 2.45) is 11.8 Å². The number of allylic oxidation sites excluding steroid dienone is 2. The van der Waals surface area contributed by atoms with Gasteiger partial charge in [0.05, 0.1) is 11.8 Å². The van der Waals surface area contributed by atoms with Crippen LogP contribution in [0.25, 0.3) is 0 Å². The molecule has 7 heteroatoms. The molecule has 1 aliphatic heterocycles. The first-order valence-electron chi connectivity index (χ1n) is 12.0. The van der Waals surface area contributed by atoms with E-state index in [0.29, 0.717) is 25.9 Å². The molecule has 1 aromatic rings. The Hall–Kier alpha value is -2.96. The number of fused-ring (bicyclic) bond motifs is 1. The van der Waals surface area contributed by atoms with Gasteiger partial charge in [0.25, 0.3) is 0 Å². The van der Waals surface area contributed by atoms with E-state index < -0.39 is 6.04 Å². The van der Waals surface area contributed by atoms with Gasteiger partial charge in [0.2, 0.25) is 23.6 Å². The minimum atomic E-state index is -0.660. The van der Waals surface area contributed by atoms with Crippen LogP contribution in [0.5, 0.6) is 0 Å². The summed E-state index contributed by atoms with van der Waals surface area (Å²) < 4.78 is 0. The third-order valence-electron chi connectivity index (χ3n) is 6.62. The number of likely N-dealkylation sites (tertiary alicyclic amines) is 1. The van der Waals surface area contributed by atoms with E-state index in [1.54, 1.807) is 11.8 Å². The number of imide groups is 1. The number of unbranched alkanes of at least 4 members (excludes halogenated alkanes) is 1. The molecule has 0 bridgehead atoms. The number of rotatable bonds is 10. The predicted octanol–water partition coefficient (Wildman–Crippen LogP) is 2.97. The summed E-state index contributed by atoms with van der Waals surface area (Å²) in [5.41, 5.74) is 2.04. The second-order valence-corrected chi connectivity index (χ2v) is 9.06. The summed E-state index contributed by atoms with van der Waals surface area (Å²) in [6.07, 6.45) is 6.90. The molecular formula is C26H35N3O4. The van der Waals surface area contributed by atoms with Crippen molar-refractivity contribution < 1.29 is 19.2 Å². The van der Waals surface area contributed by atoms with E-state index in [1.165, 1.54) is 4.90 Å². The van der Waals surface area contributed by atoms with Gasteiger partial charge in [-0.15, -0.1) is 0 Å². The van der Waals surface area contributed by atoms with E-state index in [2.05, 4.69) is 12.2 Å². The molecular weight excluding hydrogens is 418 g/mol. The molecule has 0 saturated carbocycles. The maximum atomic E-state index is 13.3. The van der Waals surface area contributed by atoms with Gasteiger partial charge >= 0.3 is 0 Å². The zero-order valence-corrected chi connectivity index (χ0v) is 19.9. The van der Waals surface area contributed by atoms with E-state index in [9.17, 15) is 19.2 Å². The lowest BCUT2D eigenvalue weighted by atomic mass is 9.85. The van der Waals surface area contributed by atoms with Gasteiger partial charge in [-0.1, -0.05) is 55.3 Å². The quantitative estimate of drug-likeness (QED) is 0.335. The Balaban J connectivity index is 1.68. The summed E-state index contributed by atoms with van der Waals surface area (Å²) in [4.78, 5) is 54.2. The van der Waals surface area contributed by atoms with Crippen molar-refractivity contribution in [3.8, 4) is 0 Å². The van der Waals surface area contributed by atoms with E-state index in [0.717, 1.165) is 24.0 Å². The summed E-state index contributed by atoms with van der Waals surface area (Å²) in [7, 11) is 0. The van der Waals surface area contributed by atoms with Crippen LogP contribution in [0.1, 0.15) is 57.1 Å². The van der Waals surface area contributed by atoms with Gasteiger partial charge in [0.1, 0.15) is 6.04 Å².